The third-order valence-electron chi connectivity index (χ3n) is 1.59. The summed E-state index contributed by atoms with van der Waals surface area (Å²) in [6.45, 7) is 4.10. The van der Waals surface area contributed by atoms with Gasteiger partial charge in [0.05, 0.1) is 19.7 Å². The fourth-order valence-corrected chi connectivity index (χ4v) is 1.13. The van der Waals surface area contributed by atoms with Crippen LogP contribution in [0.15, 0.2) is 0 Å². The van der Waals surface area contributed by atoms with Crippen molar-refractivity contribution >= 4 is 5.97 Å². The van der Waals surface area contributed by atoms with Crippen LogP contribution in [0.25, 0.3) is 0 Å². The average molecular weight is 239 g/mol. The number of carbonyl (C=O) groups is 1. The number of nitrogens with zero attached hydrogens (tertiary/aromatic N) is 1. The lowest BCUT2D eigenvalue weighted by atomic mass is 10.2. The maximum Gasteiger partial charge on any atom is 0.320 e. The maximum absolute atomic E-state index is 12.1. The zero-order valence-corrected chi connectivity index (χ0v) is 9.87. The van der Waals surface area contributed by atoms with Crippen LogP contribution < -0.4 is 0 Å². The van der Waals surface area contributed by atoms with E-state index in [0.29, 0.717) is 0 Å². The fourth-order valence-electron chi connectivity index (χ4n) is 1.13. The molecule has 0 aromatic rings. The Hall–Kier alpha value is -0.750. The minimum absolute atomic E-state index is 0.0313. The lowest BCUT2D eigenvalue weighted by Crippen LogP contribution is -2.38. The molecule has 0 radical (unpaired) electrons. The lowest BCUT2D eigenvalue weighted by Gasteiger charge is -2.24. The molecule has 16 heavy (non-hydrogen) atoms. The predicted molar refractivity (Wildman–Crippen MR) is 55.4 cm³/mol. The van der Waals surface area contributed by atoms with E-state index in [9.17, 15) is 13.6 Å². The first-order valence-electron chi connectivity index (χ1n) is 5.08. The Labute approximate surface area is 94.2 Å². The number of hydrogen-bond donors (Lipinski definition) is 1. The van der Waals surface area contributed by atoms with E-state index in [1.54, 1.807) is 20.8 Å². The van der Waals surface area contributed by atoms with Crippen LogP contribution in [0, 0.1) is 0 Å². The highest BCUT2D eigenvalue weighted by Gasteiger charge is 2.20. The van der Waals surface area contributed by atoms with Crippen LogP contribution in [-0.4, -0.2) is 54.2 Å². The van der Waals surface area contributed by atoms with E-state index >= 15 is 0 Å². The molecule has 96 valence electrons. The van der Waals surface area contributed by atoms with E-state index in [-0.39, 0.29) is 19.7 Å². The fraction of sp³-hybridized carbons (Fsp3) is 0.900. The molecule has 0 heterocycles. The highest BCUT2D eigenvalue weighted by Crippen LogP contribution is 2.08. The van der Waals surface area contributed by atoms with Gasteiger partial charge in [-0.15, -0.1) is 0 Å². The van der Waals surface area contributed by atoms with Gasteiger partial charge in [-0.1, -0.05) is 0 Å². The van der Waals surface area contributed by atoms with Crippen molar-refractivity contribution in [1.29, 1.82) is 0 Å². The number of carbonyl (C=O) groups excluding carboxylic acids is 1. The van der Waals surface area contributed by atoms with Crippen LogP contribution in [0.4, 0.5) is 8.78 Å². The molecule has 0 fully saturated rings. The molecule has 1 N–H and O–H groups in total. The Morgan fingerprint density at radius 3 is 2.38 bits per heavy atom. The topological polar surface area (TPSA) is 49.8 Å². The van der Waals surface area contributed by atoms with Crippen molar-refractivity contribution in [3.05, 3.63) is 0 Å². The van der Waals surface area contributed by atoms with Crippen LogP contribution in [-0.2, 0) is 9.53 Å². The first-order chi connectivity index (χ1) is 7.24. The van der Waals surface area contributed by atoms with Crippen LogP contribution in [0.3, 0.4) is 0 Å². The summed E-state index contributed by atoms with van der Waals surface area (Å²) >= 11 is 0. The first kappa shape index (κ1) is 15.2. The van der Waals surface area contributed by atoms with Gasteiger partial charge in [0.25, 0.3) is 6.43 Å². The average Bonchev–Trinajstić information content (AvgIpc) is 1.98. The van der Waals surface area contributed by atoms with Crippen LogP contribution in [0.5, 0.6) is 0 Å². The Bertz CT molecular complexity index is 217. The standard InChI is InChI=1S/C10H19F2NO3/c1-10(2,3)16-9(15)7-13(4-5-14)6-8(11)12/h8,14H,4-7H2,1-3H3. The highest BCUT2D eigenvalue weighted by molar-refractivity contribution is 5.72. The van der Waals surface area contributed by atoms with E-state index < -0.39 is 24.5 Å². The zero-order valence-electron chi connectivity index (χ0n) is 9.87. The second-order valence-electron chi connectivity index (χ2n) is 4.44. The molecule has 6 heteroatoms. The molecule has 0 aliphatic rings. The molecule has 0 aliphatic heterocycles. The number of aliphatic hydroxyl groups is 1. The molecule has 0 aromatic heterocycles. The van der Waals surface area contributed by atoms with Gasteiger partial charge in [-0.05, 0) is 20.8 Å². The summed E-state index contributed by atoms with van der Waals surface area (Å²) in [5.41, 5.74) is -0.632. The molecule has 0 rings (SSSR count). The molecule has 0 aliphatic carbocycles. The second kappa shape index (κ2) is 6.75. The minimum Gasteiger partial charge on any atom is -0.459 e. The Balaban J connectivity index is 4.12. The van der Waals surface area contributed by atoms with Crippen molar-refractivity contribution < 1.29 is 23.4 Å². The van der Waals surface area contributed by atoms with Crippen molar-refractivity contribution in [2.75, 3.05) is 26.2 Å². The smallest absolute Gasteiger partial charge is 0.320 e. The van der Waals surface area contributed by atoms with Crippen molar-refractivity contribution in [3.63, 3.8) is 0 Å². The molecule has 0 atom stereocenters. The van der Waals surface area contributed by atoms with Gasteiger partial charge in [0.15, 0.2) is 0 Å². The third kappa shape index (κ3) is 8.55. The lowest BCUT2D eigenvalue weighted by molar-refractivity contribution is -0.156. The molecule has 4 nitrogen and oxygen atoms in total. The normalized spacial score (nSPS) is 12.2. The maximum atomic E-state index is 12.1. The van der Waals surface area contributed by atoms with Gasteiger partial charge < -0.3 is 9.84 Å². The van der Waals surface area contributed by atoms with Gasteiger partial charge in [-0.2, -0.15) is 0 Å². The van der Waals surface area contributed by atoms with Crippen molar-refractivity contribution in [2.24, 2.45) is 0 Å². The second-order valence-corrected chi connectivity index (χ2v) is 4.44. The molecule has 0 bridgehead atoms. The molecule has 0 saturated heterocycles. The number of ether oxygens (including phenoxy) is 1. The van der Waals surface area contributed by atoms with Crippen molar-refractivity contribution in [1.82, 2.24) is 4.90 Å². The number of alkyl halides is 2. The largest absolute Gasteiger partial charge is 0.459 e. The minimum atomic E-state index is -2.53. The molecule has 0 spiro atoms. The summed E-state index contributed by atoms with van der Waals surface area (Å²) in [7, 11) is 0. The summed E-state index contributed by atoms with van der Waals surface area (Å²) in [5, 5.41) is 8.66. The molecule has 0 aromatic carbocycles. The van der Waals surface area contributed by atoms with E-state index in [0.717, 1.165) is 0 Å². The Kier molecular flexibility index (Phi) is 6.43. The summed E-state index contributed by atoms with van der Waals surface area (Å²) in [4.78, 5) is 12.5. The highest BCUT2D eigenvalue weighted by atomic mass is 19.3. The SMILES string of the molecule is CC(C)(C)OC(=O)CN(CCO)CC(F)F. The quantitative estimate of drug-likeness (QED) is 0.699. The number of rotatable bonds is 6. The molecular weight excluding hydrogens is 220 g/mol. The number of halogens is 2. The number of hydrogen-bond acceptors (Lipinski definition) is 4. The number of aliphatic hydroxyl groups excluding tert-OH is 1. The van der Waals surface area contributed by atoms with Crippen molar-refractivity contribution in [2.45, 2.75) is 32.8 Å². The van der Waals surface area contributed by atoms with Gasteiger partial charge in [0.2, 0.25) is 0 Å². The van der Waals surface area contributed by atoms with Crippen LogP contribution in [0.2, 0.25) is 0 Å². The van der Waals surface area contributed by atoms with Crippen LogP contribution in [0.1, 0.15) is 20.8 Å². The van der Waals surface area contributed by atoms with Crippen molar-refractivity contribution in [3.8, 4) is 0 Å². The molecule has 0 saturated carbocycles. The van der Waals surface area contributed by atoms with E-state index in [4.69, 9.17) is 9.84 Å². The summed E-state index contributed by atoms with van der Waals surface area (Å²) in [6, 6.07) is 0. The summed E-state index contributed by atoms with van der Waals surface area (Å²) < 4.78 is 29.2. The van der Waals surface area contributed by atoms with Crippen LogP contribution >= 0.6 is 0 Å². The van der Waals surface area contributed by atoms with Gasteiger partial charge in [-0.25, -0.2) is 8.78 Å². The van der Waals surface area contributed by atoms with Gasteiger partial charge in [0.1, 0.15) is 5.60 Å². The van der Waals surface area contributed by atoms with Gasteiger partial charge >= 0.3 is 5.97 Å². The van der Waals surface area contributed by atoms with Gasteiger partial charge in [0, 0.05) is 6.54 Å². The Morgan fingerprint density at radius 2 is 2.00 bits per heavy atom. The third-order valence-corrected chi connectivity index (χ3v) is 1.59. The Morgan fingerprint density at radius 1 is 1.44 bits per heavy atom. The van der Waals surface area contributed by atoms with E-state index in [2.05, 4.69) is 0 Å². The van der Waals surface area contributed by atoms with E-state index in [1.165, 1.54) is 4.90 Å². The molecular formula is C10H19F2NO3. The first-order valence-corrected chi connectivity index (χ1v) is 5.08. The zero-order chi connectivity index (χ0) is 12.8. The number of esters is 1. The summed E-state index contributed by atoms with van der Waals surface area (Å²) in [5.74, 6) is -0.568. The van der Waals surface area contributed by atoms with E-state index in [1.807, 2.05) is 0 Å². The predicted octanol–water partition coefficient (Wildman–Crippen LogP) is 0.887. The molecule has 0 unspecified atom stereocenters. The summed E-state index contributed by atoms with van der Waals surface area (Å²) in [6.07, 6.45) is -2.53. The van der Waals surface area contributed by atoms with Gasteiger partial charge in [-0.3, -0.25) is 9.69 Å². The monoisotopic (exact) mass is 239 g/mol. The molecule has 0 amide bonds.